The van der Waals surface area contributed by atoms with E-state index in [0.717, 1.165) is 17.5 Å². The molecule has 2 heterocycles. The maximum atomic E-state index is 11.4. The Balaban J connectivity index is 2.29. The zero-order valence-corrected chi connectivity index (χ0v) is 8.49. The van der Waals surface area contributed by atoms with Crippen molar-refractivity contribution in [3.8, 4) is 0 Å². The number of hydrogen-bond acceptors (Lipinski definition) is 2. The summed E-state index contributed by atoms with van der Waals surface area (Å²) in [5, 5.41) is 9.33. The molecule has 0 aromatic heterocycles. The maximum Gasteiger partial charge on any atom is 0.340 e. The number of benzene rings is 1. The lowest BCUT2D eigenvalue weighted by Gasteiger charge is -2.21. The van der Waals surface area contributed by atoms with Crippen molar-refractivity contribution >= 4 is 5.97 Å². The minimum atomic E-state index is -1.08. The standard InChI is InChI=1S/C12H12O3/c1-11-6-7-12(15-11,10(13)14)9-5-3-2-4-8(9)11/h2-5H,6-7H2,1H3,(H,13,14)/t11-,12+/m1/s1. The van der Waals surface area contributed by atoms with Crippen LogP contribution in [0.5, 0.6) is 0 Å². The Morgan fingerprint density at radius 1 is 1.33 bits per heavy atom. The summed E-state index contributed by atoms with van der Waals surface area (Å²) in [5.74, 6) is -0.865. The van der Waals surface area contributed by atoms with Crippen LogP contribution in [-0.4, -0.2) is 11.1 Å². The van der Waals surface area contributed by atoms with Crippen molar-refractivity contribution in [2.75, 3.05) is 0 Å². The van der Waals surface area contributed by atoms with E-state index in [1.165, 1.54) is 0 Å². The highest BCUT2D eigenvalue weighted by Gasteiger charge is 2.61. The lowest BCUT2D eigenvalue weighted by atomic mass is 9.77. The molecule has 2 aliphatic rings. The molecule has 2 aliphatic heterocycles. The van der Waals surface area contributed by atoms with Crippen LogP contribution < -0.4 is 0 Å². The van der Waals surface area contributed by atoms with Crippen LogP contribution >= 0.6 is 0 Å². The van der Waals surface area contributed by atoms with Crippen molar-refractivity contribution in [1.82, 2.24) is 0 Å². The molecule has 1 saturated heterocycles. The summed E-state index contributed by atoms with van der Waals surface area (Å²) in [5.41, 5.74) is 0.408. The van der Waals surface area contributed by atoms with Crippen LogP contribution in [0, 0.1) is 0 Å². The summed E-state index contributed by atoms with van der Waals surface area (Å²) in [6.07, 6.45) is 1.37. The van der Waals surface area contributed by atoms with Gasteiger partial charge in [0.15, 0.2) is 5.60 Å². The van der Waals surface area contributed by atoms with E-state index in [9.17, 15) is 9.90 Å². The number of aliphatic carboxylic acids is 1. The van der Waals surface area contributed by atoms with Gasteiger partial charge in [-0.1, -0.05) is 24.3 Å². The molecule has 1 aromatic carbocycles. The highest BCUT2D eigenvalue weighted by atomic mass is 16.6. The average Bonchev–Trinajstić information content (AvgIpc) is 2.70. The van der Waals surface area contributed by atoms with E-state index in [0.29, 0.717) is 6.42 Å². The third kappa shape index (κ3) is 0.868. The summed E-state index contributed by atoms with van der Waals surface area (Å²) >= 11 is 0. The zero-order valence-electron chi connectivity index (χ0n) is 8.49. The van der Waals surface area contributed by atoms with E-state index >= 15 is 0 Å². The predicted octanol–water partition coefficient (Wildman–Crippen LogP) is 2.01. The maximum absolute atomic E-state index is 11.4. The highest BCUT2D eigenvalue weighted by Crippen LogP contribution is 2.58. The molecule has 0 radical (unpaired) electrons. The first kappa shape index (κ1) is 8.92. The van der Waals surface area contributed by atoms with Crippen LogP contribution in [0.3, 0.4) is 0 Å². The van der Waals surface area contributed by atoms with Crippen molar-refractivity contribution in [1.29, 1.82) is 0 Å². The van der Waals surface area contributed by atoms with E-state index in [1.54, 1.807) is 0 Å². The first-order chi connectivity index (χ1) is 7.08. The van der Waals surface area contributed by atoms with Gasteiger partial charge in [-0.2, -0.15) is 0 Å². The number of carbonyl (C=O) groups is 1. The summed E-state index contributed by atoms with van der Waals surface area (Å²) in [6, 6.07) is 7.65. The molecule has 0 aliphatic carbocycles. The normalized spacial score (nSPS) is 36.6. The first-order valence-electron chi connectivity index (χ1n) is 5.12. The SMILES string of the molecule is C[C@]12CC[C@](C(=O)O)(O1)c1ccccc12. The third-order valence-corrected chi connectivity index (χ3v) is 3.63. The van der Waals surface area contributed by atoms with Gasteiger partial charge in [0.05, 0.1) is 5.60 Å². The smallest absolute Gasteiger partial charge is 0.340 e. The van der Waals surface area contributed by atoms with Crippen LogP contribution in [0.4, 0.5) is 0 Å². The van der Waals surface area contributed by atoms with Gasteiger partial charge in [-0.15, -0.1) is 0 Å². The molecule has 1 N–H and O–H groups in total. The van der Waals surface area contributed by atoms with Gasteiger partial charge in [0.25, 0.3) is 0 Å². The van der Waals surface area contributed by atoms with Gasteiger partial charge >= 0.3 is 5.97 Å². The molecule has 78 valence electrons. The van der Waals surface area contributed by atoms with Crippen molar-refractivity contribution in [3.63, 3.8) is 0 Å². The molecule has 15 heavy (non-hydrogen) atoms. The zero-order chi connectivity index (χ0) is 10.7. The number of hydrogen-bond donors (Lipinski definition) is 1. The first-order valence-corrected chi connectivity index (χ1v) is 5.12. The van der Waals surface area contributed by atoms with Crippen molar-refractivity contribution in [2.24, 2.45) is 0 Å². The van der Waals surface area contributed by atoms with E-state index < -0.39 is 17.2 Å². The second kappa shape index (κ2) is 2.42. The van der Waals surface area contributed by atoms with Gasteiger partial charge in [0, 0.05) is 5.56 Å². The fraction of sp³-hybridized carbons (Fsp3) is 0.417. The molecule has 0 spiro atoms. The number of carboxylic acid groups (broad SMARTS) is 1. The summed E-state index contributed by atoms with van der Waals surface area (Å²) < 4.78 is 5.78. The van der Waals surface area contributed by atoms with Gasteiger partial charge in [-0.25, -0.2) is 4.79 Å². The monoisotopic (exact) mass is 204 g/mol. The Hall–Kier alpha value is -1.35. The van der Waals surface area contributed by atoms with Crippen LogP contribution in [0.2, 0.25) is 0 Å². The quantitative estimate of drug-likeness (QED) is 0.761. The summed E-state index contributed by atoms with van der Waals surface area (Å²) in [4.78, 5) is 11.4. The highest BCUT2D eigenvalue weighted by molar-refractivity contribution is 5.82. The number of rotatable bonds is 1. The Labute approximate surface area is 87.7 Å². The van der Waals surface area contributed by atoms with Gasteiger partial charge in [0.1, 0.15) is 0 Å². The molecule has 3 rings (SSSR count). The number of fused-ring (bicyclic) bond motifs is 5. The Morgan fingerprint density at radius 3 is 2.67 bits per heavy atom. The molecule has 2 bridgehead atoms. The van der Waals surface area contributed by atoms with Crippen LogP contribution in [-0.2, 0) is 20.7 Å². The largest absolute Gasteiger partial charge is 0.479 e. The minimum Gasteiger partial charge on any atom is -0.479 e. The molecule has 1 aromatic rings. The Morgan fingerprint density at radius 2 is 2.00 bits per heavy atom. The Kier molecular flexibility index (Phi) is 1.44. The number of ether oxygens (including phenoxy) is 1. The lowest BCUT2D eigenvalue weighted by molar-refractivity contribution is -0.169. The fourth-order valence-corrected chi connectivity index (χ4v) is 2.84. The molecule has 0 unspecified atom stereocenters. The topological polar surface area (TPSA) is 46.5 Å². The van der Waals surface area contributed by atoms with E-state index in [4.69, 9.17) is 4.74 Å². The second-order valence-corrected chi connectivity index (χ2v) is 4.51. The third-order valence-electron chi connectivity index (χ3n) is 3.63. The summed E-state index contributed by atoms with van der Waals surface area (Å²) in [7, 11) is 0. The number of carboxylic acids is 1. The predicted molar refractivity (Wildman–Crippen MR) is 53.4 cm³/mol. The van der Waals surface area contributed by atoms with E-state index in [2.05, 4.69) is 0 Å². The van der Waals surface area contributed by atoms with Crippen molar-refractivity contribution in [3.05, 3.63) is 35.4 Å². The summed E-state index contributed by atoms with van der Waals surface area (Å²) in [6.45, 7) is 1.98. The molecule has 1 fully saturated rings. The van der Waals surface area contributed by atoms with Gasteiger partial charge in [0.2, 0.25) is 0 Å². The molecule has 3 nitrogen and oxygen atoms in total. The van der Waals surface area contributed by atoms with Gasteiger partial charge in [-0.3, -0.25) is 0 Å². The van der Waals surface area contributed by atoms with Gasteiger partial charge < -0.3 is 9.84 Å². The van der Waals surface area contributed by atoms with E-state index in [-0.39, 0.29) is 0 Å². The van der Waals surface area contributed by atoms with Crippen LogP contribution in [0.25, 0.3) is 0 Å². The fourth-order valence-electron chi connectivity index (χ4n) is 2.84. The molecule has 2 atom stereocenters. The Bertz CT molecular complexity index is 454. The van der Waals surface area contributed by atoms with Crippen LogP contribution in [0.1, 0.15) is 30.9 Å². The minimum absolute atomic E-state index is 0.394. The average molecular weight is 204 g/mol. The molecule has 0 saturated carbocycles. The van der Waals surface area contributed by atoms with E-state index in [1.807, 2.05) is 31.2 Å². The van der Waals surface area contributed by atoms with Crippen molar-refractivity contribution in [2.45, 2.75) is 31.0 Å². The molecular weight excluding hydrogens is 192 g/mol. The molecular formula is C12H12O3. The molecule has 0 amide bonds. The van der Waals surface area contributed by atoms with Crippen LogP contribution in [0.15, 0.2) is 24.3 Å². The second-order valence-electron chi connectivity index (χ2n) is 4.51. The van der Waals surface area contributed by atoms with Gasteiger partial charge in [-0.05, 0) is 25.3 Å². The lowest BCUT2D eigenvalue weighted by Crippen LogP contribution is -2.32. The van der Waals surface area contributed by atoms with Crippen molar-refractivity contribution < 1.29 is 14.6 Å². The molecule has 3 heteroatoms.